The average Bonchev–Trinajstić information content (AvgIpc) is 0.734. The van der Waals surface area contributed by atoms with Gasteiger partial charge < -0.3 is 20.4 Å². The molecule has 121 heavy (non-hydrogen) atoms. The van der Waals surface area contributed by atoms with Crippen LogP contribution in [0.15, 0.2) is 357 Å². The summed E-state index contributed by atoms with van der Waals surface area (Å²) in [6, 6.07) is 120. The van der Waals surface area contributed by atoms with Crippen molar-refractivity contribution in [1.29, 1.82) is 0 Å². The zero-order valence-electron chi connectivity index (χ0n) is 67.8. The molecule has 0 atom stereocenters. The number of allylic oxidation sites excluding steroid dienone is 8. The van der Waals surface area contributed by atoms with Gasteiger partial charge in [-0.2, -0.15) is 0 Å². The summed E-state index contributed by atoms with van der Waals surface area (Å²) >= 11 is 0. The molecule has 4 aromatic heterocycles. The predicted molar refractivity (Wildman–Crippen MR) is 481 cm³/mol. The smallest absolute Gasteiger partial charge is 0.155 e. The Morgan fingerprint density at radius 2 is 0.661 bits per heavy atom. The summed E-state index contributed by atoms with van der Waals surface area (Å²) < 4.78 is 0. The summed E-state index contributed by atoms with van der Waals surface area (Å²) in [5.41, 5.74) is 15.8. The van der Waals surface area contributed by atoms with Crippen molar-refractivity contribution in [1.82, 2.24) is 19.9 Å². The third kappa shape index (κ3) is 26.9. The first-order chi connectivity index (χ1) is 56.5. The number of aliphatic hydroxyl groups is 4. The number of aromatic nitrogens is 4. The third-order valence-electron chi connectivity index (χ3n) is 18.2. The normalized spacial score (nSPS) is 10.9. The number of fused-ring (bicyclic) bond motifs is 7. The second-order valence-corrected chi connectivity index (χ2v) is 27.7. The molecule has 0 bridgehead atoms. The summed E-state index contributed by atoms with van der Waals surface area (Å²) in [5.74, 6) is -0.250. The summed E-state index contributed by atoms with van der Waals surface area (Å²) in [7, 11) is 0. The molecule has 0 aliphatic rings. The van der Waals surface area contributed by atoms with Gasteiger partial charge in [0.2, 0.25) is 0 Å². The third-order valence-corrected chi connectivity index (χ3v) is 18.2. The van der Waals surface area contributed by atoms with Crippen LogP contribution in [0.4, 0.5) is 0 Å². The number of pyridine rings is 4. The van der Waals surface area contributed by atoms with Gasteiger partial charge in [-0.1, -0.05) is 293 Å². The Balaban J connectivity index is 0.000000200. The van der Waals surface area contributed by atoms with Gasteiger partial charge in [-0.25, -0.2) is 0 Å². The van der Waals surface area contributed by atoms with E-state index in [4.69, 9.17) is 35.4 Å². The molecule has 0 aliphatic carbocycles. The number of ketones is 4. The number of aryl methyl sites for hydroxylation is 1. The fraction of sp³-hybridized carbons (Fsp3) is 0.0857. The molecule has 4 radical (unpaired) electrons. The summed E-state index contributed by atoms with van der Waals surface area (Å²) in [6.07, 6.45) is 4.67. The van der Waals surface area contributed by atoms with E-state index < -0.39 is 0 Å². The second kappa shape index (κ2) is 46.9. The molecule has 614 valence electrons. The zero-order valence-corrected chi connectivity index (χ0v) is 77.4. The molecular weight excluding hydrogens is 2210 g/mol. The molecule has 0 spiro atoms. The Bertz CT molecular complexity index is 6590. The molecule has 14 aromatic carbocycles. The van der Waals surface area contributed by atoms with Crippen molar-refractivity contribution in [2.75, 3.05) is 0 Å². The fourth-order valence-corrected chi connectivity index (χ4v) is 13.2. The van der Waals surface area contributed by atoms with Crippen molar-refractivity contribution in [3.05, 3.63) is 387 Å². The molecule has 0 amide bonds. The minimum absolute atomic E-state index is 0. The molecule has 4 heterocycles. The van der Waals surface area contributed by atoms with Crippen LogP contribution in [0, 0.1) is 31.2 Å². The maximum Gasteiger partial charge on any atom is 0.155 e. The minimum Gasteiger partial charge on any atom is -0.512 e. The van der Waals surface area contributed by atoms with Crippen LogP contribution in [0.1, 0.15) is 61.0 Å². The van der Waals surface area contributed by atoms with E-state index in [-0.39, 0.29) is 127 Å². The Hall–Kier alpha value is -12.3. The fourth-order valence-electron chi connectivity index (χ4n) is 13.2. The van der Waals surface area contributed by atoms with Crippen LogP contribution in [0.3, 0.4) is 0 Å². The van der Waals surface area contributed by atoms with Crippen molar-refractivity contribution < 1.29 is 120 Å². The zero-order chi connectivity index (χ0) is 82.9. The number of aliphatic hydroxyl groups excluding tert-OH is 4. The maximum absolute atomic E-state index is 10.0. The van der Waals surface area contributed by atoms with Gasteiger partial charge >= 0.3 is 0 Å². The number of para-hydroxylation sites is 4. The number of carbonyl (C=O) groups is 4. The summed E-state index contributed by atoms with van der Waals surface area (Å²) in [6.45, 7) is 13.5. The van der Waals surface area contributed by atoms with Crippen LogP contribution in [0.5, 0.6) is 0 Å². The van der Waals surface area contributed by atoms with Crippen molar-refractivity contribution in [2.24, 2.45) is 0 Å². The van der Waals surface area contributed by atoms with Crippen LogP contribution in [0.2, 0.25) is 0 Å². The molecule has 0 unspecified atom stereocenters. The number of rotatable bonds is 9. The van der Waals surface area contributed by atoms with E-state index >= 15 is 0 Å². The second-order valence-electron chi connectivity index (χ2n) is 27.7. The van der Waals surface area contributed by atoms with Crippen molar-refractivity contribution in [3.8, 4) is 56.2 Å². The first kappa shape index (κ1) is 95.9. The average molecular weight is 2300 g/mol. The minimum atomic E-state index is -0.125. The van der Waals surface area contributed by atoms with E-state index in [2.05, 4.69) is 248 Å². The van der Waals surface area contributed by atoms with Crippen LogP contribution in [0.25, 0.3) is 154 Å². The Morgan fingerprint density at radius 1 is 0.281 bits per heavy atom. The van der Waals surface area contributed by atoms with Crippen molar-refractivity contribution >= 4 is 121 Å². The number of nitrogens with zero attached hydrogens (tertiary/aromatic N) is 4. The molecule has 12 nitrogen and oxygen atoms in total. The molecule has 0 saturated heterocycles. The Kier molecular flexibility index (Phi) is 37.2. The molecule has 0 aliphatic heterocycles. The van der Waals surface area contributed by atoms with Crippen LogP contribution < -0.4 is 0 Å². The Labute approximate surface area is 759 Å². The van der Waals surface area contributed by atoms with E-state index in [0.717, 1.165) is 88.6 Å². The van der Waals surface area contributed by atoms with E-state index in [0.29, 0.717) is 0 Å². The topological polar surface area (TPSA) is 201 Å². The number of carbonyl (C=O) groups excluding carboxylic acids is 4. The number of hydrogen-bond acceptors (Lipinski definition) is 12. The van der Waals surface area contributed by atoms with Gasteiger partial charge in [-0.05, 0) is 134 Å². The summed E-state index contributed by atoms with van der Waals surface area (Å²) in [4.78, 5) is 59.2. The van der Waals surface area contributed by atoms with Gasteiger partial charge in [0.15, 0.2) is 23.1 Å². The van der Waals surface area contributed by atoms with Crippen LogP contribution in [-0.2, 0) is 99.6 Å². The largest absolute Gasteiger partial charge is 0.512 e. The molecule has 18 rings (SSSR count). The van der Waals surface area contributed by atoms with Crippen LogP contribution in [-0.4, -0.2) is 63.5 Å². The SMILES string of the molecule is CC(=O)C=C(C)O.CC(=O)C=C(C)O.CC(=O)C=C(C)O.CC(=O)C=C(C)O.Cc1ccc[c-]c1-c1ccc2ccccc2n1.[Ir].[Ir].[Ir].[Ir].[c-]1c(-c2ccc3ccccc3n2)c2ccccc2c2ccccc12.[c-]1cc(-c2ccccc2)ccc1-c1ccc2ccccc2n1.[c-]1cc2ccc3cccc4ccc(c1-c1ccc5ccccc5n1)c2c34. The van der Waals surface area contributed by atoms with Gasteiger partial charge in [0.25, 0.3) is 0 Å². The first-order valence-corrected chi connectivity index (χ1v) is 38.0. The first-order valence-electron chi connectivity index (χ1n) is 38.0. The Morgan fingerprint density at radius 3 is 1.11 bits per heavy atom. The van der Waals surface area contributed by atoms with Gasteiger partial charge in [0.1, 0.15) is 0 Å². The van der Waals surface area contributed by atoms with Gasteiger partial charge in [-0.3, -0.25) is 39.1 Å². The summed E-state index contributed by atoms with van der Waals surface area (Å²) in [5, 5.41) is 50.6. The maximum atomic E-state index is 10.0. The van der Waals surface area contributed by atoms with Crippen molar-refractivity contribution in [3.63, 3.8) is 0 Å². The van der Waals surface area contributed by atoms with E-state index in [9.17, 15) is 19.2 Å². The quantitative estimate of drug-likeness (QED) is 0.0462. The molecular formula is C105H86Ir4N4O8-4. The molecule has 18 aromatic rings. The van der Waals surface area contributed by atoms with E-state index in [1.165, 1.54) is 150 Å². The predicted octanol–water partition coefficient (Wildman–Crippen LogP) is 26.1. The van der Waals surface area contributed by atoms with Crippen LogP contribution >= 0.6 is 0 Å². The van der Waals surface area contributed by atoms with Crippen molar-refractivity contribution in [2.45, 2.75) is 62.3 Å². The standard InChI is InChI=1S/C25H14N.C23H14N.C21H14N.C16H12N.4C5H8O2.4Ir/c1-2-7-22-16(4-1)12-15-23(26-22)20-13-10-19-9-8-17-5-3-6-18-11-14-21(20)25(19)24(17)18;1-3-9-18-17(8-1)15-21(20-11-5-4-10-19(18)20)23-14-13-16-7-2-6-12-22(16)24-23;1-2-6-16(7-3-1)17-10-12-19(13-11-17)21-15-14-18-8-4-5-9-20(18)22-21;1-12-6-2-4-8-14(12)16-11-10-13-7-3-5-9-15(13)17-16;4*1-4(6)3-5(2)7;;;;/h1-12,14-15H;1-14H;1-12,14-15H;2-7,9-11H,1H3;4*3,6H,1-2H3;;;;/q4*-1;;;;;;;;. The molecule has 0 fully saturated rings. The van der Waals surface area contributed by atoms with E-state index in [1.807, 2.05) is 97.1 Å². The van der Waals surface area contributed by atoms with E-state index in [1.54, 1.807) is 0 Å². The van der Waals surface area contributed by atoms with Gasteiger partial charge in [0, 0.05) is 110 Å². The molecule has 16 heteroatoms. The number of hydrogen-bond donors (Lipinski definition) is 4. The monoisotopic (exact) mass is 2300 g/mol. The van der Waals surface area contributed by atoms with Gasteiger partial charge in [0.05, 0.1) is 45.1 Å². The van der Waals surface area contributed by atoms with Gasteiger partial charge in [-0.15, -0.1) is 100 Å². The molecule has 0 saturated carbocycles. The number of benzene rings is 14. The molecule has 4 N–H and O–H groups in total.